The number of rotatable bonds is 2. The quantitative estimate of drug-likeness (QED) is 0.856. The molecule has 3 nitrogen and oxygen atoms in total. The first kappa shape index (κ1) is 11.6. The molecule has 1 aliphatic heterocycles. The maximum Gasteiger partial charge on any atom is 0.254 e. The zero-order valence-corrected chi connectivity index (χ0v) is 9.63. The van der Waals surface area contributed by atoms with Crippen molar-refractivity contribution in [2.75, 3.05) is 11.9 Å². The van der Waals surface area contributed by atoms with E-state index < -0.39 is 5.82 Å². The SMILES string of the molecule is Cc1cccc(NC(=O)C2=COCCC2)c1F. The van der Waals surface area contributed by atoms with Gasteiger partial charge >= 0.3 is 0 Å². The molecule has 1 amide bonds. The molecule has 0 spiro atoms. The lowest BCUT2D eigenvalue weighted by Gasteiger charge is -2.14. The highest BCUT2D eigenvalue weighted by Gasteiger charge is 2.15. The lowest BCUT2D eigenvalue weighted by Crippen LogP contribution is -2.18. The van der Waals surface area contributed by atoms with E-state index in [4.69, 9.17) is 4.74 Å². The summed E-state index contributed by atoms with van der Waals surface area (Å²) >= 11 is 0. The van der Waals surface area contributed by atoms with Crippen molar-refractivity contribution in [2.24, 2.45) is 0 Å². The van der Waals surface area contributed by atoms with E-state index in [1.54, 1.807) is 25.1 Å². The Kier molecular flexibility index (Phi) is 3.42. The van der Waals surface area contributed by atoms with Crippen molar-refractivity contribution < 1.29 is 13.9 Å². The largest absolute Gasteiger partial charge is 0.501 e. The summed E-state index contributed by atoms with van der Waals surface area (Å²) in [4.78, 5) is 11.8. The van der Waals surface area contributed by atoms with Crippen LogP contribution in [0.15, 0.2) is 30.0 Å². The number of benzene rings is 1. The maximum absolute atomic E-state index is 13.7. The van der Waals surface area contributed by atoms with E-state index in [1.807, 2.05) is 0 Å². The van der Waals surface area contributed by atoms with Crippen LogP contribution < -0.4 is 5.32 Å². The van der Waals surface area contributed by atoms with Gasteiger partial charge in [0.05, 0.1) is 24.1 Å². The molecule has 0 fully saturated rings. The van der Waals surface area contributed by atoms with E-state index in [9.17, 15) is 9.18 Å². The van der Waals surface area contributed by atoms with Gasteiger partial charge in [-0.05, 0) is 31.4 Å². The summed E-state index contributed by atoms with van der Waals surface area (Å²) in [6.07, 6.45) is 2.93. The minimum atomic E-state index is -0.391. The van der Waals surface area contributed by atoms with E-state index in [0.717, 1.165) is 6.42 Å². The predicted molar refractivity (Wildman–Crippen MR) is 63.0 cm³/mol. The Hall–Kier alpha value is -1.84. The van der Waals surface area contributed by atoms with Gasteiger partial charge in [-0.1, -0.05) is 12.1 Å². The molecule has 0 saturated carbocycles. The average molecular weight is 235 g/mol. The van der Waals surface area contributed by atoms with Crippen LogP contribution in [0.25, 0.3) is 0 Å². The van der Waals surface area contributed by atoms with Gasteiger partial charge in [-0.3, -0.25) is 4.79 Å². The highest BCUT2D eigenvalue weighted by Crippen LogP contribution is 2.19. The summed E-state index contributed by atoms with van der Waals surface area (Å²) in [5.74, 6) is -0.688. The number of carbonyl (C=O) groups excluding carboxylic acids is 1. The highest BCUT2D eigenvalue weighted by molar-refractivity contribution is 6.03. The molecule has 0 saturated heterocycles. The normalized spacial score (nSPS) is 14.8. The van der Waals surface area contributed by atoms with E-state index in [-0.39, 0.29) is 11.6 Å². The second-order valence-electron chi connectivity index (χ2n) is 4.01. The van der Waals surface area contributed by atoms with Crippen LogP contribution in [0, 0.1) is 12.7 Å². The molecule has 17 heavy (non-hydrogen) atoms. The van der Waals surface area contributed by atoms with Crippen molar-refractivity contribution in [3.63, 3.8) is 0 Å². The third-order valence-electron chi connectivity index (χ3n) is 2.67. The molecule has 1 N–H and O–H groups in total. The minimum Gasteiger partial charge on any atom is -0.501 e. The number of nitrogens with one attached hydrogen (secondary N) is 1. The molecular formula is C13H14FNO2. The summed E-state index contributed by atoms with van der Waals surface area (Å²) in [7, 11) is 0. The van der Waals surface area contributed by atoms with Crippen molar-refractivity contribution in [2.45, 2.75) is 19.8 Å². The van der Waals surface area contributed by atoms with Crippen molar-refractivity contribution in [1.29, 1.82) is 0 Å². The van der Waals surface area contributed by atoms with Gasteiger partial charge in [0.1, 0.15) is 5.82 Å². The van der Waals surface area contributed by atoms with E-state index in [2.05, 4.69) is 5.32 Å². The van der Waals surface area contributed by atoms with Gasteiger partial charge in [0.2, 0.25) is 0 Å². The Labute approximate surface area is 99.3 Å². The molecule has 1 aromatic carbocycles. The summed E-state index contributed by atoms with van der Waals surface area (Å²) in [5, 5.41) is 2.56. The zero-order chi connectivity index (χ0) is 12.3. The van der Waals surface area contributed by atoms with Gasteiger partial charge in [0.25, 0.3) is 5.91 Å². The molecule has 1 aromatic rings. The van der Waals surface area contributed by atoms with Crippen molar-refractivity contribution >= 4 is 11.6 Å². The Balaban J connectivity index is 2.13. The number of amides is 1. The number of ether oxygens (including phenoxy) is 1. The standard InChI is InChI=1S/C13H14FNO2/c1-9-4-2-6-11(12(9)14)15-13(16)10-5-3-7-17-8-10/h2,4,6,8H,3,5,7H2,1H3,(H,15,16). The van der Waals surface area contributed by atoms with Crippen LogP contribution in [0.4, 0.5) is 10.1 Å². The van der Waals surface area contributed by atoms with Gasteiger partial charge in [0.15, 0.2) is 0 Å². The molecule has 4 heteroatoms. The van der Waals surface area contributed by atoms with Crippen LogP contribution in [-0.2, 0) is 9.53 Å². The van der Waals surface area contributed by atoms with Crippen LogP contribution in [0.1, 0.15) is 18.4 Å². The van der Waals surface area contributed by atoms with Gasteiger partial charge < -0.3 is 10.1 Å². The summed E-state index contributed by atoms with van der Waals surface area (Å²) in [6, 6.07) is 4.91. The van der Waals surface area contributed by atoms with E-state index in [0.29, 0.717) is 24.2 Å². The van der Waals surface area contributed by atoms with Gasteiger partial charge in [-0.15, -0.1) is 0 Å². The number of halogens is 1. The predicted octanol–water partition coefficient (Wildman–Crippen LogP) is 2.77. The molecule has 0 unspecified atom stereocenters. The van der Waals surface area contributed by atoms with Crippen LogP contribution in [-0.4, -0.2) is 12.5 Å². The lowest BCUT2D eigenvalue weighted by atomic mass is 10.1. The fourth-order valence-corrected chi connectivity index (χ4v) is 1.68. The fourth-order valence-electron chi connectivity index (χ4n) is 1.68. The van der Waals surface area contributed by atoms with Gasteiger partial charge in [-0.2, -0.15) is 0 Å². The topological polar surface area (TPSA) is 38.3 Å². The third-order valence-corrected chi connectivity index (χ3v) is 2.67. The molecular weight excluding hydrogens is 221 g/mol. The minimum absolute atomic E-state index is 0.210. The molecule has 0 atom stereocenters. The third kappa shape index (κ3) is 2.64. The molecule has 1 aliphatic rings. The highest BCUT2D eigenvalue weighted by atomic mass is 19.1. The van der Waals surface area contributed by atoms with E-state index in [1.165, 1.54) is 6.26 Å². The first-order valence-electron chi connectivity index (χ1n) is 5.55. The van der Waals surface area contributed by atoms with Gasteiger partial charge in [0, 0.05) is 0 Å². The Morgan fingerprint density at radius 3 is 3.00 bits per heavy atom. The number of hydrogen-bond acceptors (Lipinski definition) is 2. The zero-order valence-electron chi connectivity index (χ0n) is 9.63. The van der Waals surface area contributed by atoms with Crippen molar-refractivity contribution in [1.82, 2.24) is 0 Å². The summed E-state index contributed by atoms with van der Waals surface area (Å²) < 4.78 is 18.7. The number of carbonyl (C=O) groups is 1. The number of hydrogen-bond donors (Lipinski definition) is 1. The lowest BCUT2D eigenvalue weighted by molar-refractivity contribution is -0.113. The molecule has 0 aliphatic carbocycles. The molecule has 2 rings (SSSR count). The van der Waals surface area contributed by atoms with Crippen LogP contribution >= 0.6 is 0 Å². The van der Waals surface area contributed by atoms with Crippen LogP contribution in [0.5, 0.6) is 0 Å². The second kappa shape index (κ2) is 4.99. The molecule has 0 radical (unpaired) electrons. The molecule has 1 heterocycles. The maximum atomic E-state index is 13.7. The van der Waals surface area contributed by atoms with Gasteiger partial charge in [-0.25, -0.2) is 4.39 Å². The Bertz CT molecular complexity index is 468. The molecule has 0 aromatic heterocycles. The monoisotopic (exact) mass is 235 g/mol. The van der Waals surface area contributed by atoms with Crippen molar-refractivity contribution in [3.8, 4) is 0 Å². The molecule has 90 valence electrons. The van der Waals surface area contributed by atoms with E-state index >= 15 is 0 Å². The Morgan fingerprint density at radius 1 is 1.47 bits per heavy atom. The second-order valence-corrected chi connectivity index (χ2v) is 4.01. The smallest absolute Gasteiger partial charge is 0.254 e. The Morgan fingerprint density at radius 2 is 2.29 bits per heavy atom. The molecule has 0 bridgehead atoms. The van der Waals surface area contributed by atoms with Crippen LogP contribution in [0.3, 0.4) is 0 Å². The van der Waals surface area contributed by atoms with Crippen LogP contribution in [0.2, 0.25) is 0 Å². The average Bonchev–Trinajstić information content (AvgIpc) is 2.36. The van der Waals surface area contributed by atoms with Crippen molar-refractivity contribution in [3.05, 3.63) is 41.4 Å². The summed E-state index contributed by atoms with van der Waals surface area (Å²) in [6.45, 7) is 2.30. The fraction of sp³-hybridized carbons (Fsp3) is 0.308. The first-order valence-corrected chi connectivity index (χ1v) is 5.55. The number of aryl methyl sites for hydroxylation is 1. The first-order chi connectivity index (χ1) is 8.18. The number of anilines is 1. The summed E-state index contributed by atoms with van der Waals surface area (Å²) in [5.41, 5.74) is 1.27.